The van der Waals surface area contributed by atoms with E-state index < -0.39 is 0 Å². The van der Waals surface area contributed by atoms with Gasteiger partial charge in [-0.1, -0.05) is 20.8 Å². The van der Waals surface area contributed by atoms with Gasteiger partial charge >= 0.3 is 0 Å². The van der Waals surface area contributed by atoms with Gasteiger partial charge < -0.3 is 0 Å². The Morgan fingerprint density at radius 3 is 2.59 bits per heavy atom. The predicted octanol–water partition coefficient (Wildman–Crippen LogP) is 4.44. The molecule has 1 unspecified atom stereocenters. The zero-order valence-corrected chi connectivity index (χ0v) is 15.4. The lowest BCUT2D eigenvalue weighted by molar-refractivity contribution is 0.0951. The normalized spacial score (nSPS) is 17.9. The average molecular weight is 408 g/mol. The van der Waals surface area contributed by atoms with E-state index in [4.69, 9.17) is 5.10 Å². The van der Waals surface area contributed by atoms with Crippen LogP contribution in [-0.4, -0.2) is 15.6 Å². The summed E-state index contributed by atoms with van der Waals surface area (Å²) < 4.78 is 3.20. The number of fused-ring (bicyclic) bond motifs is 1. The molecule has 1 aromatic heterocycles. The lowest BCUT2D eigenvalue weighted by atomic mass is 9.86. The summed E-state index contributed by atoms with van der Waals surface area (Å²) in [5, 5.41) is 4.81. The van der Waals surface area contributed by atoms with E-state index in [0.717, 1.165) is 35.5 Å². The number of benzene rings is 1. The van der Waals surface area contributed by atoms with Crippen LogP contribution in [0.2, 0.25) is 0 Å². The number of rotatable bonds is 3. The highest BCUT2D eigenvalue weighted by molar-refractivity contribution is 14.1. The van der Waals surface area contributed by atoms with Gasteiger partial charge in [0, 0.05) is 9.99 Å². The summed E-state index contributed by atoms with van der Waals surface area (Å²) >= 11 is 2.30. The maximum Gasteiger partial charge on any atom is 0.166 e. The largest absolute Gasteiger partial charge is 0.294 e. The van der Waals surface area contributed by atoms with Gasteiger partial charge in [-0.2, -0.15) is 5.10 Å². The second-order valence-corrected chi connectivity index (χ2v) is 7.94. The number of aromatic nitrogens is 2. The summed E-state index contributed by atoms with van der Waals surface area (Å²) in [5.74, 6) is 1.16. The predicted molar refractivity (Wildman–Crippen MR) is 96.6 cm³/mol. The van der Waals surface area contributed by atoms with E-state index in [1.54, 1.807) is 0 Å². The third-order valence-electron chi connectivity index (χ3n) is 4.08. The summed E-state index contributed by atoms with van der Waals surface area (Å²) in [6.45, 7) is 6.49. The van der Waals surface area contributed by atoms with Gasteiger partial charge in [0.05, 0.1) is 22.6 Å². The van der Waals surface area contributed by atoms with Crippen molar-refractivity contribution in [1.29, 1.82) is 0 Å². The molecule has 0 fully saturated rings. The number of carbonyl (C=O) groups is 1. The molecule has 0 N–H and O–H groups in total. The fourth-order valence-corrected chi connectivity index (χ4v) is 3.52. The molecule has 1 aliphatic carbocycles. The molecule has 0 spiro atoms. The van der Waals surface area contributed by atoms with Crippen LogP contribution in [0, 0.1) is 15.4 Å². The summed E-state index contributed by atoms with van der Waals surface area (Å²) in [6.07, 6.45) is 2.44. The minimum atomic E-state index is 0.265. The highest BCUT2D eigenvalue weighted by Gasteiger charge is 2.30. The average Bonchev–Trinajstić information content (AvgIpc) is 2.77. The monoisotopic (exact) mass is 408 g/mol. The Morgan fingerprint density at radius 1 is 1.27 bits per heavy atom. The van der Waals surface area contributed by atoms with Crippen molar-refractivity contribution in [2.75, 3.05) is 0 Å². The van der Waals surface area contributed by atoms with Crippen LogP contribution in [0.5, 0.6) is 0 Å². The fraction of sp³-hybridized carbons (Fsp3) is 0.444. The minimum absolute atomic E-state index is 0.265. The smallest absolute Gasteiger partial charge is 0.166 e. The molecule has 1 aromatic carbocycles. The fourth-order valence-electron chi connectivity index (χ4n) is 3.16. The van der Waals surface area contributed by atoms with Crippen molar-refractivity contribution >= 4 is 28.4 Å². The molecular weight excluding hydrogens is 387 g/mol. The molecule has 0 bridgehead atoms. The third kappa shape index (κ3) is 2.98. The first-order valence-corrected chi connectivity index (χ1v) is 8.93. The molecule has 0 saturated carbocycles. The van der Waals surface area contributed by atoms with Crippen LogP contribution in [-0.2, 0) is 12.8 Å². The molecule has 3 rings (SSSR count). The zero-order chi connectivity index (χ0) is 15.9. The van der Waals surface area contributed by atoms with Crippen molar-refractivity contribution in [3.63, 3.8) is 0 Å². The van der Waals surface area contributed by atoms with E-state index in [1.807, 2.05) is 4.68 Å². The molecule has 0 saturated heterocycles. The van der Waals surface area contributed by atoms with Gasteiger partial charge in [-0.25, -0.2) is 4.68 Å². The number of hydrogen-bond acceptors (Lipinski definition) is 2. The van der Waals surface area contributed by atoms with Crippen LogP contribution in [0.1, 0.15) is 48.9 Å². The molecule has 1 heterocycles. The summed E-state index contributed by atoms with van der Waals surface area (Å²) in [7, 11) is 0. The molecule has 0 amide bonds. The van der Waals surface area contributed by atoms with E-state index in [-0.39, 0.29) is 5.78 Å². The Labute approximate surface area is 145 Å². The van der Waals surface area contributed by atoms with Crippen LogP contribution in [0.3, 0.4) is 0 Å². The van der Waals surface area contributed by atoms with Gasteiger partial charge in [0.1, 0.15) is 0 Å². The van der Waals surface area contributed by atoms with Crippen LogP contribution < -0.4 is 0 Å². The van der Waals surface area contributed by atoms with Crippen molar-refractivity contribution in [3.8, 4) is 5.69 Å². The molecule has 3 nitrogen and oxygen atoms in total. The quantitative estimate of drug-likeness (QED) is 0.704. The first-order valence-electron chi connectivity index (χ1n) is 7.85. The van der Waals surface area contributed by atoms with Crippen LogP contribution in [0.25, 0.3) is 5.69 Å². The highest BCUT2D eigenvalue weighted by atomic mass is 127. The van der Waals surface area contributed by atoms with Gasteiger partial charge in [-0.15, -0.1) is 0 Å². The first kappa shape index (κ1) is 15.7. The zero-order valence-electron chi connectivity index (χ0n) is 13.3. The molecule has 4 heteroatoms. The van der Waals surface area contributed by atoms with E-state index in [0.29, 0.717) is 18.3 Å². The SMILES string of the molecule is CC(C)Cc1nn(-c2ccc(I)cc2)c2c1C(=O)CC(C)C2. The van der Waals surface area contributed by atoms with Gasteiger partial charge in [-0.05, 0) is 71.5 Å². The van der Waals surface area contributed by atoms with Crippen molar-refractivity contribution in [2.24, 2.45) is 11.8 Å². The Morgan fingerprint density at radius 2 is 1.95 bits per heavy atom. The highest BCUT2D eigenvalue weighted by Crippen LogP contribution is 2.31. The molecule has 1 atom stereocenters. The van der Waals surface area contributed by atoms with Crippen molar-refractivity contribution in [2.45, 2.75) is 40.0 Å². The maximum atomic E-state index is 12.5. The van der Waals surface area contributed by atoms with Crippen molar-refractivity contribution in [1.82, 2.24) is 9.78 Å². The lowest BCUT2D eigenvalue weighted by Crippen LogP contribution is -2.20. The van der Waals surface area contributed by atoms with Crippen molar-refractivity contribution < 1.29 is 4.79 Å². The second kappa shape index (κ2) is 6.14. The number of carbonyl (C=O) groups excluding carboxylic acids is 1. The summed E-state index contributed by atoms with van der Waals surface area (Å²) in [5.41, 5.74) is 4.01. The minimum Gasteiger partial charge on any atom is -0.294 e. The number of halogens is 1. The number of hydrogen-bond donors (Lipinski definition) is 0. The van der Waals surface area contributed by atoms with Gasteiger partial charge in [0.15, 0.2) is 5.78 Å². The topological polar surface area (TPSA) is 34.9 Å². The maximum absolute atomic E-state index is 12.5. The Balaban J connectivity index is 2.14. The van der Waals surface area contributed by atoms with Crippen molar-refractivity contribution in [3.05, 3.63) is 44.8 Å². The molecule has 2 aromatic rings. The lowest BCUT2D eigenvalue weighted by Gasteiger charge is -2.19. The molecule has 116 valence electrons. The molecule has 22 heavy (non-hydrogen) atoms. The van der Waals surface area contributed by atoms with Crippen LogP contribution in [0.4, 0.5) is 0 Å². The Kier molecular flexibility index (Phi) is 4.39. The van der Waals surface area contributed by atoms with E-state index in [1.165, 1.54) is 3.57 Å². The Hall–Kier alpha value is -1.17. The van der Waals surface area contributed by atoms with E-state index >= 15 is 0 Å². The van der Waals surface area contributed by atoms with E-state index in [9.17, 15) is 4.79 Å². The van der Waals surface area contributed by atoms with Gasteiger partial charge in [0.2, 0.25) is 0 Å². The molecule has 1 aliphatic rings. The number of nitrogens with zero attached hydrogens (tertiary/aromatic N) is 2. The molecular formula is C18H21IN2O. The van der Waals surface area contributed by atoms with Crippen LogP contribution >= 0.6 is 22.6 Å². The van der Waals surface area contributed by atoms with Gasteiger partial charge in [0.25, 0.3) is 0 Å². The standard InChI is InChI=1S/C18H21IN2O/c1-11(2)8-15-18-16(9-12(3)10-17(18)22)21(20-15)14-6-4-13(19)5-7-14/h4-7,11-12H,8-10H2,1-3H3. The second-order valence-electron chi connectivity index (χ2n) is 6.69. The first-order chi connectivity index (χ1) is 10.5. The number of ketones is 1. The van der Waals surface area contributed by atoms with Gasteiger partial charge in [-0.3, -0.25) is 4.79 Å². The Bertz CT molecular complexity index is 701. The number of Topliss-reactive ketones (excluding diaryl/α,β-unsaturated/α-hetero) is 1. The summed E-state index contributed by atoms with van der Waals surface area (Å²) in [6, 6.07) is 8.33. The molecule has 0 aliphatic heterocycles. The summed E-state index contributed by atoms with van der Waals surface area (Å²) in [4.78, 5) is 12.5. The van der Waals surface area contributed by atoms with Crippen LogP contribution in [0.15, 0.2) is 24.3 Å². The molecule has 0 radical (unpaired) electrons. The third-order valence-corrected chi connectivity index (χ3v) is 4.80. The van der Waals surface area contributed by atoms with E-state index in [2.05, 4.69) is 67.6 Å².